The lowest BCUT2D eigenvalue weighted by Gasteiger charge is -2.28. The molecule has 7 nitrogen and oxygen atoms in total. The van der Waals surface area contributed by atoms with Crippen molar-refractivity contribution in [3.63, 3.8) is 0 Å². The van der Waals surface area contributed by atoms with Gasteiger partial charge in [-0.25, -0.2) is 4.98 Å². The van der Waals surface area contributed by atoms with Crippen LogP contribution in [0.5, 0.6) is 0 Å². The normalized spacial score (nSPS) is 15.0. The van der Waals surface area contributed by atoms with Crippen LogP contribution in [0.2, 0.25) is 5.15 Å². The number of piperazine rings is 1. The van der Waals surface area contributed by atoms with Crippen LogP contribution in [0.1, 0.15) is 5.56 Å². The number of hydrogen-bond donors (Lipinski definition) is 3. The molecule has 0 atom stereocenters. The standard InChI is InChI=1S/C14H18ClN7/c1-9-8-10(2-3-11(9)19-16)13-18-14(12(15)20-21-13)22-6-4-17-5-7-22/h2-3,8,17,19H,4-7,16H2,1H3. The van der Waals surface area contributed by atoms with Crippen LogP contribution in [0.3, 0.4) is 0 Å². The lowest BCUT2D eigenvalue weighted by Crippen LogP contribution is -2.44. The first-order chi connectivity index (χ1) is 10.7. The van der Waals surface area contributed by atoms with Gasteiger partial charge in [-0.2, -0.15) is 0 Å². The van der Waals surface area contributed by atoms with Gasteiger partial charge in [-0.15, -0.1) is 10.2 Å². The number of hydrazine groups is 1. The lowest BCUT2D eigenvalue weighted by atomic mass is 10.1. The van der Waals surface area contributed by atoms with Crippen LogP contribution in [-0.4, -0.2) is 41.4 Å². The van der Waals surface area contributed by atoms with Gasteiger partial charge >= 0.3 is 0 Å². The minimum atomic E-state index is 0.336. The van der Waals surface area contributed by atoms with Gasteiger partial charge in [-0.3, -0.25) is 5.84 Å². The first kappa shape index (κ1) is 15.0. The maximum atomic E-state index is 6.17. The van der Waals surface area contributed by atoms with Crippen LogP contribution in [0, 0.1) is 6.92 Å². The first-order valence-electron chi connectivity index (χ1n) is 7.12. The summed E-state index contributed by atoms with van der Waals surface area (Å²) in [5.74, 6) is 6.70. The van der Waals surface area contributed by atoms with Gasteiger partial charge in [0, 0.05) is 31.7 Å². The van der Waals surface area contributed by atoms with E-state index in [0.29, 0.717) is 16.8 Å². The fraction of sp³-hybridized carbons (Fsp3) is 0.357. The molecule has 1 aromatic carbocycles. The topological polar surface area (TPSA) is 92.0 Å². The van der Waals surface area contributed by atoms with E-state index in [1.807, 2.05) is 25.1 Å². The number of nitrogens with one attached hydrogen (secondary N) is 2. The maximum absolute atomic E-state index is 6.17. The van der Waals surface area contributed by atoms with Gasteiger partial charge in [0.25, 0.3) is 0 Å². The third-order valence-corrected chi connectivity index (χ3v) is 3.93. The van der Waals surface area contributed by atoms with Gasteiger partial charge < -0.3 is 15.6 Å². The molecule has 0 spiro atoms. The zero-order valence-corrected chi connectivity index (χ0v) is 13.1. The number of aryl methyl sites for hydroxylation is 1. The van der Waals surface area contributed by atoms with E-state index in [-0.39, 0.29) is 0 Å². The number of hydrogen-bond acceptors (Lipinski definition) is 7. The SMILES string of the molecule is Cc1cc(-c2nnc(Cl)c(N3CCNCC3)n2)ccc1NN. The summed E-state index contributed by atoms with van der Waals surface area (Å²) < 4.78 is 0. The van der Waals surface area contributed by atoms with E-state index in [1.165, 1.54) is 0 Å². The number of nitrogen functional groups attached to an aromatic ring is 1. The third-order valence-electron chi connectivity index (χ3n) is 3.69. The van der Waals surface area contributed by atoms with Crippen LogP contribution in [-0.2, 0) is 0 Å². The molecule has 2 heterocycles. The van der Waals surface area contributed by atoms with E-state index < -0.39 is 0 Å². The van der Waals surface area contributed by atoms with Crippen molar-refractivity contribution >= 4 is 23.1 Å². The summed E-state index contributed by atoms with van der Waals surface area (Å²) in [5, 5.41) is 11.8. The molecule has 1 aliphatic rings. The number of benzene rings is 1. The second kappa shape index (κ2) is 6.43. The number of aromatic nitrogens is 3. The van der Waals surface area contributed by atoms with Crippen LogP contribution >= 0.6 is 11.6 Å². The Labute approximate surface area is 133 Å². The van der Waals surface area contributed by atoms with E-state index >= 15 is 0 Å². The molecule has 1 saturated heterocycles. The molecule has 0 amide bonds. The van der Waals surface area contributed by atoms with Gasteiger partial charge in [0.2, 0.25) is 0 Å². The maximum Gasteiger partial charge on any atom is 0.194 e. The van der Waals surface area contributed by atoms with Crippen molar-refractivity contribution in [2.75, 3.05) is 36.5 Å². The highest BCUT2D eigenvalue weighted by atomic mass is 35.5. The van der Waals surface area contributed by atoms with Crippen molar-refractivity contribution in [3.05, 3.63) is 28.9 Å². The summed E-state index contributed by atoms with van der Waals surface area (Å²) in [6.45, 7) is 5.50. The Morgan fingerprint density at radius 2 is 2.05 bits per heavy atom. The average molecular weight is 320 g/mol. The molecule has 0 bridgehead atoms. The zero-order valence-electron chi connectivity index (χ0n) is 12.3. The molecule has 1 fully saturated rings. The minimum absolute atomic E-state index is 0.336. The predicted octanol–water partition coefficient (Wildman–Crippen LogP) is 1.20. The summed E-state index contributed by atoms with van der Waals surface area (Å²) in [7, 11) is 0. The second-order valence-corrected chi connectivity index (χ2v) is 5.52. The molecule has 2 aromatic rings. The van der Waals surface area contributed by atoms with Crippen LogP contribution in [0.4, 0.5) is 11.5 Å². The first-order valence-corrected chi connectivity index (χ1v) is 7.50. The minimum Gasteiger partial charge on any atom is -0.351 e. The van der Waals surface area contributed by atoms with Crippen molar-refractivity contribution in [2.24, 2.45) is 5.84 Å². The quantitative estimate of drug-likeness (QED) is 0.578. The van der Waals surface area contributed by atoms with Crippen molar-refractivity contribution in [2.45, 2.75) is 6.92 Å². The van der Waals surface area contributed by atoms with E-state index in [0.717, 1.165) is 43.0 Å². The average Bonchev–Trinajstić information content (AvgIpc) is 2.56. The van der Waals surface area contributed by atoms with Crippen molar-refractivity contribution in [1.29, 1.82) is 0 Å². The second-order valence-electron chi connectivity index (χ2n) is 5.16. The highest BCUT2D eigenvalue weighted by Gasteiger charge is 2.18. The van der Waals surface area contributed by atoms with Gasteiger partial charge in [-0.1, -0.05) is 11.6 Å². The molecule has 0 saturated carbocycles. The number of rotatable bonds is 3. The molecule has 0 unspecified atom stereocenters. The predicted molar refractivity (Wildman–Crippen MR) is 87.9 cm³/mol. The van der Waals surface area contributed by atoms with E-state index in [2.05, 4.69) is 30.8 Å². The molecular weight excluding hydrogens is 302 g/mol. The van der Waals surface area contributed by atoms with Crippen molar-refractivity contribution in [1.82, 2.24) is 20.5 Å². The largest absolute Gasteiger partial charge is 0.351 e. The summed E-state index contributed by atoms with van der Waals surface area (Å²) in [6.07, 6.45) is 0. The van der Waals surface area contributed by atoms with Crippen molar-refractivity contribution < 1.29 is 0 Å². The zero-order chi connectivity index (χ0) is 15.5. The summed E-state index contributed by atoms with van der Waals surface area (Å²) in [4.78, 5) is 6.73. The molecular formula is C14H18ClN7. The number of nitrogens with two attached hydrogens (primary N) is 1. The van der Waals surface area contributed by atoms with Crippen LogP contribution in [0.15, 0.2) is 18.2 Å². The fourth-order valence-electron chi connectivity index (χ4n) is 2.47. The molecule has 0 radical (unpaired) electrons. The summed E-state index contributed by atoms with van der Waals surface area (Å²) in [5.41, 5.74) is 5.42. The molecule has 116 valence electrons. The number of halogens is 1. The fourth-order valence-corrected chi connectivity index (χ4v) is 2.67. The molecule has 4 N–H and O–H groups in total. The van der Waals surface area contributed by atoms with Gasteiger partial charge in [0.1, 0.15) is 0 Å². The molecule has 0 aliphatic carbocycles. The molecule has 1 aromatic heterocycles. The highest BCUT2D eigenvalue weighted by molar-refractivity contribution is 6.31. The Hall–Kier alpha value is -1.96. The van der Waals surface area contributed by atoms with Crippen molar-refractivity contribution in [3.8, 4) is 11.4 Å². The molecule has 1 aliphatic heterocycles. The molecule has 8 heteroatoms. The Bertz CT molecular complexity index is 670. The molecule has 22 heavy (non-hydrogen) atoms. The number of anilines is 2. The Balaban J connectivity index is 1.96. The van der Waals surface area contributed by atoms with E-state index in [9.17, 15) is 0 Å². The molecule has 3 rings (SSSR count). The van der Waals surface area contributed by atoms with E-state index in [4.69, 9.17) is 17.4 Å². The van der Waals surface area contributed by atoms with Gasteiger partial charge in [0.15, 0.2) is 16.8 Å². The summed E-state index contributed by atoms with van der Waals surface area (Å²) >= 11 is 6.17. The smallest absolute Gasteiger partial charge is 0.194 e. The van der Waals surface area contributed by atoms with E-state index in [1.54, 1.807) is 0 Å². The highest BCUT2D eigenvalue weighted by Crippen LogP contribution is 2.26. The summed E-state index contributed by atoms with van der Waals surface area (Å²) in [6, 6.07) is 5.78. The Kier molecular flexibility index (Phi) is 4.37. The van der Waals surface area contributed by atoms with Gasteiger partial charge in [-0.05, 0) is 30.7 Å². The Morgan fingerprint density at radius 3 is 2.73 bits per heavy atom. The Morgan fingerprint density at radius 1 is 1.27 bits per heavy atom. The van der Waals surface area contributed by atoms with Gasteiger partial charge in [0.05, 0.1) is 5.69 Å². The monoisotopic (exact) mass is 319 g/mol. The number of nitrogens with zero attached hydrogens (tertiary/aromatic N) is 4. The lowest BCUT2D eigenvalue weighted by molar-refractivity contribution is 0.583. The van der Waals surface area contributed by atoms with Crippen LogP contribution in [0.25, 0.3) is 11.4 Å². The van der Waals surface area contributed by atoms with Crippen LogP contribution < -0.4 is 21.5 Å². The third kappa shape index (κ3) is 2.96.